The van der Waals surface area contributed by atoms with E-state index in [2.05, 4.69) is 70.4 Å². The number of hydrogen-bond donors (Lipinski definition) is 6. The summed E-state index contributed by atoms with van der Waals surface area (Å²) in [4.78, 5) is 90.5. The molecule has 9 aromatic heterocycles. The molecule has 0 aliphatic carbocycles. The zero-order valence-electron chi connectivity index (χ0n) is 49.2. The SMILES string of the molecule is CCCCN(c1ccnc(-c2c[nH]c3ncc(Cl)cc23)n1)[C@H](C)C(=O)NCC(F)(F)F.CCCNC(=O)[C@@]1(C)CCCN1c1nc(-c2c[nH]c3ncc(Cl)cc23)ncc1F.C[C@]1(C(=O)NCC(F)F)CCCN1c1nc(-c2c[nH]c3ncc(Cl)cc23)ncc1F.[HH].[HH].[HH].[HH].[HH].[HH]. The van der Waals surface area contributed by atoms with Gasteiger partial charge in [0.05, 0.1) is 34.0 Å². The minimum Gasteiger partial charge on any atom is -0.354 e. The fraction of sp³-hybridized carbons (Fsp3) is 0.390. The van der Waals surface area contributed by atoms with Gasteiger partial charge in [-0.3, -0.25) is 14.4 Å². The van der Waals surface area contributed by atoms with Crippen molar-refractivity contribution < 1.29 is 53.7 Å². The number of rotatable bonds is 18. The van der Waals surface area contributed by atoms with Crippen LogP contribution in [-0.2, 0) is 14.4 Å². The first-order valence-corrected chi connectivity index (χ1v) is 29.8. The number of alkyl halides is 5. The molecule has 6 N–H and O–H groups in total. The number of anilines is 3. The number of nitrogens with zero attached hydrogens (tertiary/aromatic N) is 12. The van der Waals surface area contributed by atoms with Crippen LogP contribution in [-0.4, -0.2) is 147 Å². The summed E-state index contributed by atoms with van der Waals surface area (Å²) >= 11 is 18.2. The molecule has 0 spiro atoms. The van der Waals surface area contributed by atoms with Crippen LogP contribution in [0.1, 0.15) is 88.1 Å². The van der Waals surface area contributed by atoms with Crippen molar-refractivity contribution >= 4 is 103 Å². The normalized spacial score (nSPS) is 16.9. The van der Waals surface area contributed by atoms with Crippen LogP contribution in [0.5, 0.6) is 0 Å². The van der Waals surface area contributed by atoms with Crippen LogP contribution in [0.3, 0.4) is 0 Å². The summed E-state index contributed by atoms with van der Waals surface area (Å²) in [6.07, 6.45) is 11.0. The third-order valence-corrected chi connectivity index (χ3v) is 16.0. The number of nitrogens with one attached hydrogen (secondary N) is 6. The number of fused-ring (bicyclic) bond motifs is 3. The van der Waals surface area contributed by atoms with Crippen molar-refractivity contribution in [1.29, 1.82) is 0 Å². The average molecular weight is 1320 g/mol. The predicted molar refractivity (Wildman–Crippen MR) is 342 cm³/mol. The second-order valence-corrected chi connectivity index (χ2v) is 23.0. The molecule has 0 bridgehead atoms. The van der Waals surface area contributed by atoms with Crippen LogP contribution in [0.4, 0.5) is 48.2 Å². The van der Waals surface area contributed by atoms with Crippen molar-refractivity contribution in [3.8, 4) is 34.2 Å². The van der Waals surface area contributed by atoms with Gasteiger partial charge in [-0.15, -0.1) is 0 Å². The summed E-state index contributed by atoms with van der Waals surface area (Å²) in [6, 6.07) is 5.98. The van der Waals surface area contributed by atoms with Gasteiger partial charge < -0.3 is 45.6 Å². The molecule has 2 saturated heterocycles. The summed E-state index contributed by atoms with van der Waals surface area (Å²) in [5, 5.41) is 10.6. The first-order valence-electron chi connectivity index (χ1n) is 28.7. The standard InChI is InChI=1S/C20H22ClF3N6O.C20H22ClFN6O.C19H18ClF3N6O.6H2/c1-3-4-7-30(12(2)19(31)28-11-20(22,23)24)16-5-6-25-18(29-16)15-10-27-17-14(15)8-13(21)9-26-17;1-3-6-23-19(29)20(2)5-4-7-28(20)18-15(22)11-26-17(27-18)14-10-25-16-13(14)8-12(21)9-24-16;1-19(18(30)27-9-14(22)23)3-2-4-29(19)17-13(21)8-26-16(28-17)12-7-25-15-11(12)5-10(20)6-24-15;;;;;;/h5-6,8-10,12H,3-4,7,11H2,1-2H3,(H,26,27)(H,28,31);8-11H,3-7H2,1-2H3,(H,23,29)(H,24,25);5-8,14H,2-4,9H2,1H3,(H,24,25)(H,27,30);6*1H/t12-;20-;19-;;;;;;/m111....../s1. The summed E-state index contributed by atoms with van der Waals surface area (Å²) in [5.41, 5.74) is 1.70. The number of carbonyl (C=O) groups is 3. The molecule has 2 aliphatic heterocycles. The van der Waals surface area contributed by atoms with E-state index in [-0.39, 0.29) is 31.9 Å². The van der Waals surface area contributed by atoms with Crippen LogP contribution >= 0.6 is 34.8 Å². The number of amides is 3. The van der Waals surface area contributed by atoms with Crippen LogP contribution in [0.2, 0.25) is 15.1 Å². The van der Waals surface area contributed by atoms with Crippen LogP contribution in [0.25, 0.3) is 67.3 Å². The van der Waals surface area contributed by atoms with Crippen LogP contribution < -0.4 is 30.7 Å². The van der Waals surface area contributed by atoms with Crippen molar-refractivity contribution in [3.05, 3.63) is 107 Å². The Morgan fingerprint density at radius 3 is 1.56 bits per heavy atom. The molecule has 9 aromatic rings. The molecule has 11 rings (SSSR count). The van der Waals surface area contributed by atoms with Gasteiger partial charge in [0.2, 0.25) is 17.7 Å². The highest BCUT2D eigenvalue weighted by atomic mass is 35.5. The van der Waals surface area contributed by atoms with E-state index in [9.17, 15) is 45.1 Å². The molecule has 21 nitrogen and oxygen atoms in total. The van der Waals surface area contributed by atoms with E-state index in [0.717, 1.165) is 48.8 Å². The summed E-state index contributed by atoms with van der Waals surface area (Å²) in [6.45, 7) is 8.76. The molecule has 2 aliphatic rings. The number of pyridine rings is 3. The monoisotopic (exact) mass is 1320 g/mol. The summed E-state index contributed by atoms with van der Waals surface area (Å²) in [7, 11) is 0. The predicted octanol–water partition coefficient (Wildman–Crippen LogP) is 13.1. The molecular formula is C59H74Cl3F7N18O3. The number of halogens is 10. The third kappa shape index (κ3) is 14.7. The van der Waals surface area contributed by atoms with Gasteiger partial charge in [0, 0.05) is 111 Å². The molecule has 11 heterocycles. The van der Waals surface area contributed by atoms with Gasteiger partial charge in [-0.25, -0.2) is 62.4 Å². The van der Waals surface area contributed by atoms with Crippen molar-refractivity contribution in [2.24, 2.45) is 0 Å². The molecule has 3 atom stereocenters. The lowest BCUT2D eigenvalue weighted by atomic mass is 9.97. The highest BCUT2D eigenvalue weighted by Gasteiger charge is 2.46. The van der Waals surface area contributed by atoms with Gasteiger partial charge in [0.15, 0.2) is 40.7 Å². The Labute approximate surface area is 534 Å². The quantitative estimate of drug-likeness (QED) is 0.0437. The maximum Gasteiger partial charge on any atom is 0.405 e. The smallest absolute Gasteiger partial charge is 0.354 e. The third-order valence-electron chi connectivity index (χ3n) is 15.4. The molecular weight excluding hydrogens is 1250 g/mol. The zero-order chi connectivity index (χ0) is 64.7. The second-order valence-electron chi connectivity index (χ2n) is 21.7. The highest BCUT2D eigenvalue weighted by molar-refractivity contribution is 6.32. The molecule has 31 heteroatoms. The molecule has 90 heavy (non-hydrogen) atoms. The summed E-state index contributed by atoms with van der Waals surface area (Å²) < 4.78 is 92.0. The molecule has 3 amide bonds. The maximum atomic E-state index is 14.8. The first-order chi connectivity index (χ1) is 42.9. The minimum atomic E-state index is -4.48. The van der Waals surface area contributed by atoms with E-state index in [1.165, 1.54) is 17.3 Å². The number of aromatic amines is 3. The highest BCUT2D eigenvalue weighted by Crippen LogP contribution is 2.39. The van der Waals surface area contributed by atoms with Crippen LogP contribution in [0.15, 0.2) is 80.0 Å². The lowest BCUT2D eigenvalue weighted by molar-refractivity contribution is -0.139. The maximum absolute atomic E-state index is 14.8. The van der Waals surface area contributed by atoms with Crippen molar-refractivity contribution in [3.63, 3.8) is 0 Å². The van der Waals surface area contributed by atoms with Gasteiger partial charge in [-0.05, 0) is 83.6 Å². The largest absolute Gasteiger partial charge is 0.405 e. The van der Waals surface area contributed by atoms with E-state index < -0.39 is 66.3 Å². The van der Waals surface area contributed by atoms with E-state index in [4.69, 9.17) is 34.8 Å². The Morgan fingerprint density at radius 1 is 0.667 bits per heavy atom. The van der Waals surface area contributed by atoms with Crippen molar-refractivity contribution in [1.82, 2.24) is 75.8 Å². The van der Waals surface area contributed by atoms with Gasteiger partial charge in [0.25, 0.3) is 6.43 Å². The number of hydrogen-bond acceptors (Lipinski definition) is 15. The molecule has 0 saturated carbocycles. The molecule has 488 valence electrons. The Bertz CT molecular complexity index is 4070. The minimum absolute atomic E-state index is 0. The number of unbranched alkanes of at least 4 members (excludes halogenated alkanes) is 1. The Hall–Kier alpha value is -8.50. The van der Waals surface area contributed by atoms with Gasteiger partial charge in [0.1, 0.15) is 46.4 Å². The van der Waals surface area contributed by atoms with Gasteiger partial charge >= 0.3 is 6.18 Å². The lowest BCUT2D eigenvalue weighted by Crippen LogP contribution is -2.54. The Morgan fingerprint density at radius 2 is 1.12 bits per heavy atom. The van der Waals surface area contributed by atoms with Crippen LogP contribution in [0, 0.1) is 11.6 Å². The Balaban J connectivity index is 0.000000364. The lowest BCUT2D eigenvalue weighted by Gasteiger charge is -2.35. The molecule has 0 aromatic carbocycles. The molecule has 0 radical (unpaired) electrons. The first kappa shape index (κ1) is 65.9. The fourth-order valence-corrected chi connectivity index (χ4v) is 11.1. The zero-order valence-corrected chi connectivity index (χ0v) is 51.5. The molecule has 2 fully saturated rings. The number of aromatic nitrogens is 12. The Kier molecular flexibility index (Phi) is 20.6. The molecule has 0 unspecified atom stereocenters. The second kappa shape index (κ2) is 28.1. The number of carbonyl (C=O) groups excluding carboxylic acids is 3. The van der Waals surface area contributed by atoms with E-state index in [1.54, 1.807) is 78.9 Å². The summed E-state index contributed by atoms with van der Waals surface area (Å²) in [5.74, 6) is -1.22. The van der Waals surface area contributed by atoms with Crippen molar-refractivity contribution in [2.45, 2.75) is 109 Å². The average Bonchev–Trinajstić information content (AvgIpc) is 1.56. The van der Waals surface area contributed by atoms with Gasteiger partial charge in [-0.1, -0.05) is 55.1 Å². The van der Waals surface area contributed by atoms with E-state index >= 15 is 0 Å². The van der Waals surface area contributed by atoms with E-state index in [0.29, 0.717) is 117 Å². The van der Waals surface area contributed by atoms with Crippen molar-refractivity contribution in [2.75, 3.05) is 54.0 Å². The fourth-order valence-electron chi connectivity index (χ4n) is 10.7. The number of H-pyrrole nitrogens is 3. The van der Waals surface area contributed by atoms with E-state index in [1.807, 2.05) is 26.1 Å². The topological polar surface area (TPSA) is 260 Å². The van der Waals surface area contributed by atoms with Gasteiger partial charge in [-0.2, -0.15) is 13.2 Å².